The van der Waals surface area contributed by atoms with E-state index in [-0.39, 0.29) is 24.1 Å². The number of carbonyl (C=O) groups excluding carboxylic acids is 1. The Kier molecular flexibility index (Phi) is 6.09. The van der Waals surface area contributed by atoms with Crippen LogP contribution in [-0.4, -0.2) is 35.2 Å². The van der Waals surface area contributed by atoms with Crippen molar-refractivity contribution in [2.45, 2.75) is 25.3 Å². The van der Waals surface area contributed by atoms with E-state index in [4.69, 9.17) is 5.11 Å². The zero-order valence-corrected chi connectivity index (χ0v) is 12.5. The number of halogens is 1. The molecule has 1 heterocycles. The second-order valence-electron chi connectivity index (χ2n) is 4.83. The van der Waals surface area contributed by atoms with E-state index in [1.807, 2.05) is 11.8 Å². The Morgan fingerprint density at radius 3 is 2.90 bits per heavy atom. The summed E-state index contributed by atoms with van der Waals surface area (Å²) in [6.45, 7) is -0.0127. The van der Waals surface area contributed by atoms with Crippen molar-refractivity contribution in [2.75, 3.05) is 18.1 Å². The Labute approximate surface area is 128 Å². The summed E-state index contributed by atoms with van der Waals surface area (Å²) in [6.07, 6.45) is 2.21. The summed E-state index contributed by atoms with van der Waals surface area (Å²) in [6, 6.07) is 4.39. The van der Waals surface area contributed by atoms with Gasteiger partial charge in [0.05, 0.1) is 12.2 Å². The van der Waals surface area contributed by atoms with Crippen LogP contribution in [-0.2, 0) is 0 Å². The fourth-order valence-corrected chi connectivity index (χ4v) is 3.21. The molecule has 1 aromatic rings. The van der Waals surface area contributed by atoms with Crippen molar-refractivity contribution in [2.24, 2.45) is 0 Å². The molecule has 0 spiro atoms. The van der Waals surface area contributed by atoms with Crippen LogP contribution in [0, 0.1) is 17.7 Å². The molecule has 112 valence electrons. The normalized spacial score (nSPS) is 15.1. The van der Waals surface area contributed by atoms with Crippen LogP contribution >= 0.6 is 11.8 Å². The van der Waals surface area contributed by atoms with E-state index in [1.165, 1.54) is 18.2 Å². The van der Waals surface area contributed by atoms with E-state index in [9.17, 15) is 9.18 Å². The standard InChI is InChI=1S/C16H18FNO2S/c17-15-5-4-12(3-1-2-8-19)11-14(15)16(20)18-13-6-9-21-10-7-13/h4-5,11,13,19H,2,6-10H2,(H,18,20). The summed E-state index contributed by atoms with van der Waals surface area (Å²) in [5.74, 6) is 6.71. The fourth-order valence-electron chi connectivity index (χ4n) is 2.10. The first-order chi connectivity index (χ1) is 10.2. The molecule has 0 saturated carbocycles. The third-order valence-corrected chi connectivity index (χ3v) is 4.29. The summed E-state index contributed by atoms with van der Waals surface area (Å²) >= 11 is 1.87. The van der Waals surface area contributed by atoms with Crippen molar-refractivity contribution in [3.63, 3.8) is 0 Å². The Balaban J connectivity index is 2.08. The van der Waals surface area contributed by atoms with E-state index < -0.39 is 5.82 Å². The number of hydrogen-bond acceptors (Lipinski definition) is 3. The van der Waals surface area contributed by atoms with Gasteiger partial charge in [-0.1, -0.05) is 11.8 Å². The minimum Gasteiger partial charge on any atom is -0.395 e. The van der Waals surface area contributed by atoms with Crippen LogP contribution in [0.4, 0.5) is 4.39 Å². The van der Waals surface area contributed by atoms with Crippen LogP contribution in [0.25, 0.3) is 0 Å². The molecule has 1 aromatic carbocycles. The van der Waals surface area contributed by atoms with Gasteiger partial charge in [-0.2, -0.15) is 11.8 Å². The van der Waals surface area contributed by atoms with Crippen LogP contribution in [0.15, 0.2) is 18.2 Å². The molecule has 2 N–H and O–H groups in total. The lowest BCUT2D eigenvalue weighted by Crippen LogP contribution is -2.37. The molecule has 1 aliphatic rings. The molecule has 1 aliphatic heterocycles. The van der Waals surface area contributed by atoms with Gasteiger partial charge in [0.15, 0.2) is 0 Å². The lowest BCUT2D eigenvalue weighted by molar-refractivity contribution is 0.0930. The largest absolute Gasteiger partial charge is 0.395 e. The van der Waals surface area contributed by atoms with Crippen molar-refractivity contribution in [3.05, 3.63) is 35.1 Å². The van der Waals surface area contributed by atoms with Crippen LogP contribution in [0.1, 0.15) is 35.2 Å². The van der Waals surface area contributed by atoms with E-state index in [0.717, 1.165) is 24.3 Å². The van der Waals surface area contributed by atoms with E-state index in [2.05, 4.69) is 17.2 Å². The van der Waals surface area contributed by atoms with Gasteiger partial charge in [-0.15, -0.1) is 0 Å². The maximum Gasteiger partial charge on any atom is 0.254 e. The van der Waals surface area contributed by atoms with Crippen molar-refractivity contribution in [1.82, 2.24) is 5.32 Å². The smallest absolute Gasteiger partial charge is 0.254 e. The lowest BCUT2D eigenvalue weighted by Gasteiger charge is -2.22. The number of aliphatic hydroxyl groups excluding tert-OH is 1. The third kappa shape index (κ3) is 4.76. The van der Waals surface area contributed by atoms with Crippen LogP contribution in [0.5, 0.6) is 0 Å². The molecule has 1 saturated heterocycles. The summed E-state index contributed by atoms with van der Waals surface area (Å²) in [5, 5.41) is 11.6. The van der Waals surface area contributed by atoms with Crippen molar-refractivity contribution >= 4 is 17.7 Å². The van der Waals surface area contributed by atoms with Gasteiger partial charge in [0.2, 0.25) is 0 Å². The molecule has 0 atom stereocenters. The summed E-state index contributed by atoms with van der Waals surface area (Å²) < 4.78 is 13.8. The molecular formula is C16H18FNO2S. The molecular weight excluding hydrogens is 289 g/mol. The number of carbonyl (C=O) groups is 1. The zero-order chi connectivity index (χ0) is 15.1. The first kappa shape index (κ1) is 15.9. The topological polar surface area (TPSA) is 49.3 Å². The SMILES string of the molecule is O=C(NC1CCSCC1)c1cc(C#CCCO)ccc1F. The van der Waals surface area contributed by atoms with Crippen LogP contribution < -0.4 is 5.32 Å². The highest BCUT2D eigenvalue weighted by atomic mass is 32.2. The van der Waals surface area contributed by atoms with Gasteiger partial charge in [0.25, 0.3) is 5.91 Å². The van der Waals surface area contributed by atoms with Crippen LogP contribution in [0.3, 0.4) is 0 Å². The highest BCUT2D eigenvalue weighted by molar-refractivity contribution is 7.99. The highest BCUT2D eigenvalue weighted by Gasteiger charge is 2.19. The summed E-state index contributed by atoms with van der Waals surface area (Å²) in [7, 11) is 0. The summed E-state index contributed by atoms with van der Waals surface area (Å²) in [5.41, 5.74) is 0.609. The molecule has 3 nitrogen and oxygen atoms in total. The Hall–Kier alpha value is -1.51. The molecule has 1 fully saturated rings. The predicted octanol–water partition coefficient (Wildman–Crippen LogP) is 2.19. The maximum absolute atomic E-state index is 13.8. The molecule has 2 rings (SSSR count). The predicted molar refractivity (Wildman–Crippen MR) is 82.8 cm³/mol. The van der Waals surface area contributed by atoms with Crippen LogP contribution in [0.2, 0.25) is 0 Å². The van der Waals surface area contributed by atoms with Crippen molar-refractivity contribution < 1.29 is 14.3 Å². The Morgan fingerprint density at radius 1 is 1.43 bits per heavy atom. The average molecular weight is 307 g/mol. The monoisotopic (exact) mass is 307 g/mol. The van der Waals surface area contributed by atoms with E-state index in [0.29, 0.717) is 12.0 Å². The number of aliphatic hydroxyl groups is 1. The first-order valence-electron chi connectivity index (χ1n) is 6.98. The van der Waals surface area contributed by atoms with Gasteiger partial charge in [0, 0.05) is 18.0 Å². The van der Waals surface area contributed by atoms with Crippen molar-refractivity contribution in [3.8, 4) is 11.8 Å². The second-order valence-corrected chi connectivity index (χ2v) is 6.05. The number of rotatable bonds is 3. The molecule has 21 heavy (non-hydrogen) atoms. The quantitative estimate of drug-likeness (QED) is 0.842. The Morgan fingerprint density at radius 2 is 2.19 bits per heavy atom. The van der Waals surface area contributed by atoms with E-state index in [1.54, 1.807) is 0 Å². The number of benzene rings is 1. The zero-order valence-electron chi connectivity index (χ0n) is 11.7. The number of nitrogens with one attached hydrogen (secondary N) is 1. The molecule has 0 bridgehead atoms. The second kappa shape index (κ2) is 8.06. The summed E-state index contributed by atoms with van der Waals surface area (Å²) in [4.78, 5) is 12.2. The first-order valence-corrected chi connectivity index (χ1v) is 8.14. The molecule has 0 unspecified atom stereocenters. The van der Waals surface area contributed by atoms with Gasteiger partial charge in [-0.25, -0.2) is 4.39 Å². The Bertz CT molecular complexity index is 559. The van der Waals surface area contributed by atoms with Gasteiger partial charge >= 0.3 is 0 Å². The van der Waals surface area contributed by atoms with E-state index >= 15 is 0 Å². The van der Waals surface area contributed by atoms with Gasteiger partial charge < -0.3 is 10.4 Å². The number of amides is 1. The average Bonchev–Trinajstić information content (AvgIpc) is 2.50. The minimum atomic E-state index is -0.537. The number of hydrogen-bond donors (Lipinski definition) is 2. The molecule has 0 aliphatic carbocycles. The molecule has 1 amide bonds. The van der Waals surface area contributed by atoms with Gasteiger partial charge in [-0.05, 0) is 42.5 Å². The van der Waals surface area contributed by atoms with Gasteiger partial charge in [0.1, 0.15) is 5.82 Å². The minimum absolute atomic E-state index is 0.0127. The fraction of sp³-hybridized carbons (Fsp3) is 0.438. The van der Waals surface area contributed by atoms with Gasteiger partial charge in [-0.3, -0.25) is 4.79 Å². The molecule has 0 radical (unpaired) electrons. The number of thioether (sulfide) groups is 1. The van der Waals surface area contributed by atoms with Crippen molar-refractivity contribution in [1.29, 1.82) is 0 Å². The molecule has 5 heteroatoms. The lowest BCUT2D eigenvalue weighted by atomic mass is 10.1. The molecule has 0 aromatic heterocycles. The highest BCUT2D eigenvalue weighted by Crippen LogP contribution is 2.18. The maximum atomic E-state index is 13.8. The third-order valence-electron chi connectivity index (χ3n) is 3.24.